The molecule has 0 heterocycles. The van der Waals surface area contributed by atoms with E-state index in [0.717, 1.165) is 25.0 Å². The van der Waals surface area contributed by atoms with E-state index < -0.39 is 4.92 Å². The molecular formula is C13H19N3O3. The van der Waals surface area contributed by atoms with Gasteiger partial charge in [-0.3, -0.25) is 15.5 Å². The van der Waals surface area contributed by atoms with Gasteiger partial charge in [-0.15, -0.1) is 0 Å². The van der Waals surface area contributed by atoms with E-state index in [4.69, 9.17) is 4.74 Å². The maximum absolute atomic E-state index is 11.0. The lowest BCUT2D eigenvalue weighted by Gasteiger charge is -2.06. The molecule has 1 N–H and O–H groups in total. The zero-order valence-corrected chi connectivity index (χ0v) is 11.5. The lowest BCUT2D eigenvalue weighted by molar-refractivity contribution is -0.384. The first-order valence-corrected chi connectivity index (χ1v) is 6.20. The second-order valence-electron chi connectivity index (χ2n) is 4.20. The van der Waals surface area contributed by atoms with Crippen LogP contribution in [0.2, 0.25) is 0 Å². The number of methoxy groups -OCH3 is 1. The Hall–Kier alpha value is -2.11. The summed E-state index contributed by atoms with van der Waals surface area (Å²) in [5.41, 5.74) is 3.98. The number of rotatable bonds is 7. The van der Waals surface area contributed by atoms with Crippen LogP contribution in [0.1, 0.15) is 33.1 Å². The van der Waals surface area contributed by atoms with Gasteiger partial charge in [-0.05, 0) is 31.9 Å². The Morgan fingerprint density at radius 2 is 2.26 bits per heavy atom. The number of unbranched alkanes of at least 4 members (excludes halogenated alkanes) is 1. The Morgan fingerprint density at radius 1 is 1.53 bits per heavy atom. The molecule has 6 nitrogen and oxygen atoms in total. The maximum atomic E-state index is 11.0. The second kappa shape index (κ2) is 7.35. The summed E-state index contributed by atoms with van der Waals surface area (Å²) in [5.74, 6) is 0.448. The molecule has 0 aromatic heterocycles. The normalized spacial score (nSPS) is 11.2. The number of hydrogen-bond donors (Lipinski definition) is 1. The minimum absolute atomic E-state index is 0.0496. The van der Waals surface area contributed by atoms with Crippen molar-refractivity contribution in [2.45, 2.75) is 33.1 Å². The van der Waals surface area contributed by atoms with E-state index in [9.17, 15) is 10.1 Å². The largest absolute Gasteiger partial charge is 0.496 e. The average molecular weight is 265 g/mol. The van der Waals surface area contributed by atoms with Gasteiger partial charge in [0.15, 0.2) is 0 Å². The van der Waals surface area contributed by atoms with E-state index in [-0.39, 0.29) is 5.69 Å². The summed E-state index contributed by atoms with van der Waals surface area (Å²) in [5, 5.41) is 15.1. The van der Waals surface area contributed by atoms with E-state index in [0.29, 0.717) is 11.4 Å². The summed E-state index contributed by atoms with van der Waals surface area (Å²) >= 11 is 0. The van der Waals surface area contributed by atoms with Crippen molar-refractivity contribution in [3.8, 4) is 5.75 Å². The van der Waals surface area contributed by atoms with Gasteiger partial charge in [0, 0.05) is 5.71 Å². The summed E-state index contributed by atoms with van der Waals surface area (Å²) in [6.45, 7) is 4.01. The standard InChI is InChI=1S/C13H19N3O3/c1-4-5-6-10(2)14-15-12-8-7-11(19-3)9-13(12)16(17)18/h7-9,15H,4-6H2,1-3H3/b14-10+. The summed E-state index contributed by atoms with van der Waals surface area (Å²) in [7, 11) is 1.47. The fraction of sp³-hybridized carbons (Fsp3) is 0.462. The third-order valence-corrected chi connectivity index (χ3v) is 2.66. The highest BCUT2D eigenvalue weighted by atomic mass is 16.6. The minimum atomic E-state index is -0.457. The molecular weight excluding hydrogens is 246 g/mol. The van der Waals surface area contributed by atoms with Crippen LogP contribution in [0.4, 0.5) is 11.4 Å². The predicted octanol–water partition coefficient (Wildman–Crippen LogP) is 3.58. The van der Waals surface area contributed by atoms with Crippen LogP contribution in [-0.4, -0.2) is 17.7 Å². The highest BCUT2D eigenvalue weighted by Crippen LogP contribution is 2.28. The minimum Gasteiger partial charge on any atom is -0.496 e. The molecule has 1 aromatic carbocycles. The van der Waals surface area contributed by atoms with Crippen LogP contribution in [0.3, 0.4) is 0 Å². The molecule has 0 spiro atoms. The van der Waals surface area contributed by atoms with Crippen LogP contribution in [0.15, 0.2) is 23.3 Å². The highest BCUT2D eigenvalue weighted by molar-refractivity contribution is 5.83. The number of hydrazone groups is 1. The fourth-order valence-electron chi connectivity index (χ4n) is 1.53. The summed E-state index contributed by atoms with van der Waals surface area (Å²) in [6.07, 6.45) is 3.03. The molecule has 0 aliphatic heterocycles. The molecule has 0 radical (unpaired) electrons. The molecule has 0 aliphatic rings. The summed E-state index contributed by atoms with van der Waals surface area (Å²) < 4.78 is 4.97. The number of hydrogen-bond acceptors (Lipinski definition) is 5. The van der Waals surface area contributed by atoms with Crippen molar-refractivity contribution in [2.75, 3.05) is 12.5 Å². The van der Waals surface area contributed by atoms with Gasteiger partial charge in [0.2, 0.25) is 0 Å². The van der Waals surface area contributed by atoms with E-state index in [1.807, 2.05) is 6.92 Å². The molecule has 0 atom stereocenters. The van der Waals surface area contributed by atoms with Crippen LogP contribution in [0, 0.1) is 10.1 Å². The van der Waals surface area contributed by atoms with Crippen molar-refractivity contribution < 1.29 is 9.66 Å². The molecule has 0 fully saturated rings. The Labute approximate surface area is 112 Å². The lowest BCUT2D eigenvalue weighted by atomic mass is 10.2. The van der Waals surface area contributed by atoms with Gasteiger partial charge in [-0.2, -0.15) is 5.10 Å². The highest BCUT2D eigenvalue weighted by Gasteiger charge is 2.14. The average Bonchev–Trinajstić information content (AvgIpc) is 2.42. The van der Waals surface area contributed by atoms with Crippen LogP contribution < -0.4 is 10.2 Å². The first kappa shape index (κ1) is 14.9. The van der Waals surface area contributed by atoms with E-state index in [1.54, 1.807) is 12.1 Å². The van der Waals surface area contributed by atoms with Gasteiger partial charge in [-0.25, -0.2) is 0 Å². The van der Waals surface area contributed by atoms with Crippen molar-refractivity contribution in [1.29, 1.82) is 0 Å². The Morgan fingerprint density at radius 3 is 2.84 bits per heavy atom. The first-order chi connectivity index (χ1) is 9.08. The van der Waals surface area contributed by atoms with E-state index >= 15 is 0 Å². The molecule has 0 saturated heterocycles. The molecule has 1 aromatic rings. The monoisotopic (exact) mass is 265 g/mol. The third kappa shape index (κ3) is 4.57. The van der Waals surface area contributed by atoms with Crippen molar-refractivity contribution in [2.24, 2.45) is 5.10 Å². The summed E-state index contributed by atoms with van der Waals surface area (Å²) in [6, 6.07) is 4.62. The molecule has 0 saturated carbocycles. The van der Waals surface area contributed by atoms with Crippen molar-refractivity contribution in [1.82, 2.24) is 0 Å². The number of nitrogens with one attached hydrogen (secondary N) is 1. The number of anilines is 1. The summed E-state index contributed by atoms with van der Waals surface area (Å²) in [4.78, 5) is 10.5. The SMILES string of the molecule is CCCC/C(C)=N/Nc1ccc(OC)cc1[N+](=O)[O-]. The van der Waals surface area contributed by atoms with Gasteiger partial charge >= 0.3 is 0 Å². The Kier molecular flexibility index (Phi) is 5.78. The molecule has 0 aliphatic carbocycles. The van der Waals surface area contributed by atoms with E-state index in [2.05, 4.69) is 17.5 Å². The number of nitro groups is 1. The van der Waals surface area contributed by atoms with Gasteiger partial charge in [-0.1, -0.05) is 13.3 Å². The van der Waals surface area contributed by atoms with Gasteiger partial charge in [0.25, 0.3) is 5.69 Å². The number of benzene rings is 1. The number of ether oxygens (including phenoxy) is 1. The van der Waals surface area contributed by atoms with Gasteiger partial charge in [0.1, 0.15) is 11.4 Å². The topological polar surface area (TPSA) is 76.8 Å². The molecule has 19 heavy (non-hydrogen) atoms. The smallest absolute Gasteiger partial charge is 0.297 e. The molecule has 104 valence electrons. The van der Waals surface area contributed by atoms with Crippen molar-refractivity contribution in [3.63, 3.8) is 0 Å². The first-order valence-electron chi connectivity index (χ1n) is 6.20. The second-order valence-corrected chi connectivity index (χ2v) is 4.20. The molecule has 6 heteroatoms. The molecule has 0 unspecified atom stereocenters. The number of nitrogens with zero attached hydrogens (tertiary/aromatic N) is 2. The van der Waals surface area contributed by atoms with Crippen LogP contribution >= 0.6 is 0 Å². The van der Waals surface area contributed by atoms with Crippen LogP contribution in [-0.2, 0) is 0 Å². The zero-order valence-electron chi connectivity index (χ0n) is 11.5. The van der Waals surface area contributed by atoms with E-state index in [1.165, 1.54) is 13.2 Å². The molecule has 0 bridgehead atoms. The Bertz CT molecular complexity index is 472. The molecule has 0 amide bonds. The van der Waals surface area contributed by atoms with Crippen LogP contribution in [0.5, 0.6) is 5.75 Å². The predicted molar refractivity (Wildman–Crippen MR) is 75.9 cm³/mol. The number of nitro benzene ring substituents is 1. The molecule has 1 rings (SSSR count). The lowest BCUT2D eigenvalue weighted by Crippen LogP contribution is -2.01. The van der Waals surface area contributed by atoms with Gasteiger partial charge < -0.3 is 4.74 Å². The third-order valence-electron chi connectivity index (χ3n) is 2.66. The maximum Gasteiger partial charge on any atom is 0.297 e. The zero-order chi connectivity index (χ0) is 14.3. The van der Waals surface area contributed by atoms with Crippen molar-refractivity contribution in [3.05, 3.63) is 28.3 Å². The van der Waals surface area contributed by atoms with Crippen LogP contribution in [0.25, 0.3) is 0 Å². The van der Waals surface area contributed by atoms with Gasteiger partial charge in [0.05, 0.1) is 18.1 Å². The Balaban J connectivity index is 2.85. The van der Waals surface area contributed by atoms with Crippen molar-refractivity contribution >= 4 is 17.1 Å². The quantitative estimate of drug-likeness (QED) is 0.464. The fourth-order valence-corrected chi connectivity index (χ4v) is 1.53.